The van der Waals surface area contributed by atoms with Crippen LogP contribution in [0.4, 0.5) is 0 Å². The molecule has 4 nitrogen and oxygen atoms in total. The Morgan fingerprint density at radius 1 is 1.07 bits per heavy atom. The van der Waals surface area contributed by atoms with E-state index < -0.39 is 6.10 Å². The van der Waals surface area contributed by atoms with Gasteiger partial charge in [0.1, 0.15) is 18.7 Å². The summed E-state index contributed by atoms with van der Waals surface area (Å²) >= 11 is 0. The fourth-order valence-corrected chi connectivity index (χ4v) is 4.47. The molecule has 3 aromatic rings. The molecule has 1 heterocycles. The summed E-state index contributed by atoms with van der Waals surface area (Å²) in [5, 5.41) is 22.0. The zero-order valence-electron chi connectivity index (χ0n) is 17.5. The van der Waals surface area contributed by atoms with Crippen LogP contribution < -0.4 is 0 Å². The zero-order chi connectivity index (χ0) is 20.9. The fourth-order valence-electron chi connectivity index (χ4n) is 4.47. The number of fused-ring (bicyclic) bond motifs is 1. The van der Waals surface area contributed by atoms with Crippen molar-refractivity contribution in [3.63, 3.8) is 0 Å². The number of rotatable bonds is 8. The molecule has 0 bridgehead atoms. The van der Waals surface area contributed by atoms with E-state index in [4.69, 9.17) is 0 Å². The second-order valence-electron chi connectivity index (χ2n) is 7.79. The van der Waals surface area contributed by atoms with Gasteiger partial charge in [0, 0.05) is 17.1 Å². The Kier molecular flexibility index (Phi) is 6.64. The first-order valence-corrected chi connectivity index (χ1v) is 10.4. The van der Waals surface area contributed by atoms with Gasteiger partial charge >= 0.3 is 0 Å². The summed E-state index contributed by atoms with van der Waals surface area (Å²) < 4.78 is 0.729. The standard InChI is InChI=1S/C25H30N3O/c1-4-16-28(5-2,18-21-11-7-6-10-20(21)17-26)19(3)25(29)23-14-15-27-24-13-9-8-12-22(23)24/h6-15,19,25,29H,4-5,16,18H2,1-3H3/q+1/t19-,25-,28?/m0/s1. The molecule has 1 N–H and O–H groups in total. The number of pyridine rings is 1. The Morgan fingerprint density at radius 3 is 2.52 bits per heavy atom. The summed E-state index contributed by atoms with van der Waals surface area (Å²) in [7, 11) is 0. The second kappa shape index (κ2) is 9.17. The maximum absolute atomic E-state index is 11.5. The van der Waals surface area contributed by atoms with Gasteiger partial charge in [-0.15, -0.1) is 0 Å². The molecule has 0 saturated carbocycles. The molecule has 29 heavy (non-hydrogen) atoms. The summed E-state index contributed by atoms with van der Waals surface area (Å²) in [4.78, 5) is 4.44. The lowest BCUT2D eigenvalue weighted by molar-refractivity contribution is -0.964. The number of nitriles is 1. The molecule has 0 saturated heterocycles. The molecule has 0 spiro atoms. The smallest absolute Gasteiger partial charge is 0.131 e. The van der Waals surface area contributed by atoms with E-state index in [2.05, 4.69) is 31.8 Å². The average molecular weight is 389 g/mol. The summed E-state index contributed by atoms with van der Waals surface area (Å²) in [5.41, 5.74) is 3.58. The minimum absolute atomic E-state index is 0.0301. The van der Waals surface area contributed by atoms with Gasteiger partial charge in [-0.1, -0.05) is 43.3 Å². The van der Waals surface area contributed by atoms with Crippen LogP contribution in [0.5, 0.6) is 0 Å². The molecule has 3 rings (SSSR count). The highest BCUT2D eigenvalue weighted by molar-refractivity contribution is 5.82. The van der Waals surface area contributed by atoms with Gasteiger partial charge in [0.25, 0.3) is 0 Å². The highest BCUT2D eigenvalue weighted by atomic mass is 16.3. The van der Waals surface area contributed by atoms with E-state index >= 15 is 0 Å². The summed E-state index contributed by atoms with van der Waals surface area (Å²) in [6.07, 6.45) is 2.17. The van der Waals surface area contributed by atoms with Crippen molar-refractivity contribution < 1.29 is 9.59 Å². The topological polar surface area (TPSA) is 56.9 Å². The van der Waals surface area contributed by atoms with Crippen LogP contribution in [0, 0.1) is 11.3 Å². The van der Waals surface area contributed by atoms with Crippen molar-refractivity contribution in [2.24, 2.45) is 0 Å². The van der Waals surface area contributed by atoms with Crippen LogP contribution in [-0.2, 0) is 6.54 Å². The molecular formula is C25H30N3O+. The van der Waals surface area contributed by atoms with Crippen LogP contribution in [-0.4, -0.2) is 33.7 Å². The minimum atomic E-state index is -0.622. The monoisotopic (exact) mass is 388 g/mol. The van der Waals surface area contributed by atoms with Crippen LogP contribution in [0.2, 0.25) is 0 Å². The van der Waals surface area contributed by atoms with Gasteiger partial charge in [0.15, 0.2) is 0 Å². The van der Waals surface area contributed by atoms with Crippen LogP contribution >= 0.6 is 0 Å². The Balaban J connectivity index is 2.02. The third-order valence-electron chi connectivity index (χ3n) is 6.24. The molecule has 150 valence electrons. The molecule has 1 unspecified atom stereocenters. The van der Waals surface area contributed by atoms with Gasteiger partial charge in [-0.25, -0.2) is 0 Å². The molecule has 0 amide bonds. The number of nitrogens with zero attached hydrogens (tertiary/aromatic N) is 3. The van der Waals surface area contributed by atoms with E-state index in [0.717, 1.165) is 58.1 Å². The lowest BCUT2D eigenvalue weighted by Crippen LogP contribution is -2.56. The zero-order valence-corrected chi connectivity index (χ0v) is 17.5. The molecule has 0 fully saturated rings. The van der Waals surface area contributed by atoms with Crippen molar-refractivity contribution in [2.75, 3.05) is 13.1 Å². The van der Waals surface area contributed by atoms with Crippen molar-refractivity contribution in [1.82, 2.24) is 4.98 Å². The number of likely N-dealkylation sites (N-methyl/N-ethyl adjacent to an activating group) is 1. The normalized spacial score (nSPS) is 15.4. The van der Waals surface area contributed by atoms with Crippen LogP contribution in [0.25, 0.3) is 10.9 Å². The summed E-state index contributed by atoms with van der Waals surface area (Å²) in [6.45, 7) is 9.05. The average Bonchev–Trinajstić information content (AvgIpc) is 2.77. The van der Waals surface area contributed by atoms with Crippen LogP contribution in [0.1, 0.15) is 50.0 Å². The van der Waals surface area contributed by atoms with Crippen molar-refractivity contribution >= 4 is 10.9 Å². The van der Waals surface area contributed by atoms with E-state index in [1.54, 1.807) is 6.20 Å². The molecule has 4 heteroatoms. The lowest BCUT2D eigenvalue weighted by atomic mass is 9.95. The number of benzene rings is 2. The summed E-state index contributed by atoms with van der Waals surface area (Å²) in [5.74, 6) is 0. The predicted molar refractivity (Wildman–Crippen MR) is 117 cm³/mol. The quantitative estimate of drug-likeness (QED) is 0.554. The van der Waals surface area contributed by atoms with E-state index in [1.807, 2.05) is 54.6 Å². The van der Waals surface area contributed by atoms with Gasteiger partial charge in [-0.2, -0.15) is 5.26 Å². The van der Waals surface area contributed by atoms with Gasteiger partial charge in [-0.3, -0.25) is 4.98 Å². The summed E-state index contributed by atoms with van der Waals surface area (Å²) in [6, 6.07) is 20.0. The number of hydrogen-bond acceptors (Lipinski definition) is 3. The highest BCUT2D eigenvalue weighted by Gasteiger charge is 2.38. The molecule has 3 atom stereocenters. The van der Waals surface area contributed by atoms with Crippen LogP contribution in [0.15, 0.2) is 60.8 Å². The van der Waals surface area contributed by atoms with E-state index in [9.17, 15) is 10.4 Å². The van der Waals surface area contributed by atoms with Crippen LogP contribution in [0.3, 0.4) is 0 Å². The molecule has 0 aliphatic heterocycles. The fraction of sp³-hybridized carbons (Fsp3) is 0.360. The third kappa shape index (κ3) is 4.17. The maximum Gasteiger partial charge on any atom is 0.131 e. The first-order valence-electron chi connectivity index (χ1n) is 10.4. The number of para-hydroxylation sites is 1. The van der Waals surface area contributed by atoms with Gasteiger partial charge in [-0.05, 0) is 44.0 Å². The molecule has 0 aliphatic rings. The molecule has 1 aromatic heterocycles. The van der Waals surface area contributed by atoms with E-state index in [1.165, 1.54) is 0 Å². The van der Waals surface area contributed by atoms with Crippen molar-refractivity contribution in [1.29, 1.82) is 5.26 Å². The first-order chi connectivity index (χ1) is 14.1. The van der Waals surface area contributed by atoms with Crippen molar-refractivity contribution in [3.8, 4) is 6.07 Å². The highest BCUT2D eigenvalue weighted by Crippen LogP contribution is 2.33. The largest absolute Gasteiger partial charge is 0.382 e. The Labute approximate surface area is 173 Å². The molecule has 2 aromatic carbocycles. The Bertz CT molecular complexity index is 1000. The van der Waals surface area contributed by atoms with Crippen molar-refractivity contribution in [2.45, 2.75) is 45.9 Å². The van der Waals surface area contributed by atoms with Gasteiger partial charge in [0.05, 0.1) is 30.2 Å². The van der Waals surface area contributed by atoms with Crippen molar-refractivity contribution in [3.05, 3.63) is 77.5 Å². The lowest BCUT2D eigenvalue weighted by Gasteiger charge is -2.45. The van der Waals surface area contributed by atoms with E-state index in [0.29, 0.717) is 0 Å². The molecular weight excluding hydrogens is 358 g/mol. The number of aliphatic hydroxyl groups excluding tert-OH is 1. The van der Waals surface area contributed by atoms with Gasteiger partial charge in [0.2, 0.25) is 0 Å². The Hall–Kier alpha value is -2.74. The number of hydrogen-bond donors (Lipinski definition) is 1. The predicted octanol–water partition coefficient (Wildman–Crippen LogP) is 4.98. The number of quaternary nitrogens is 1. The maximum atomic E-state index is 11.5. The molecule has 0 radical (unpaired) electrons. The Morgan fingerprint density at radius 2 is 1.79 bits per heavy atom. The molecule has 0 aliphatic carbocycles. The second-order valence-corrected chi connectivity index (χ2v) is 7.79. The third-order valence-corrected chi connectivity index (χ3v) is 6.24. The van der Waals surface area contributed by atoms with Gasteiger partial charge < -0.3 is 9.59 Å². The van der Waals surface area contributed by atoms with E-state index in [-0.39, 0.29) is 6.04 Å². The minimum Gasteiger partial charge on any atom is -0.382 e. The first kappa shape index (κ1) is 21.0. The number of aliphatic hydroxyl groups is 1. The SMILES string of the molecule is CCC[N+](CC)(Cc1ccccc1C#N)[C@@H](C)[C@H](O)c1ccnc2ccccc12. The number of aromatic nitrogens is 1.